The minimum atomic E-state index is -1.20. The molecule has 2 N–H and O–H groups in total. The third kappa shape index (κ3) is 3.07. The molecule has 0 bridgehead atoms. The van der Waals surface area contributed by atoms with Crippen LogP contribution in [0.5, 0.6) is 0 Å². The maximum Gasteiger partial charge on any atom is 0.164 e. The predicted octanol–water partition coefficient (Wildman–Crippen LogP) is 0.156. The second kappa shape index (κ2) is 3.39. The lowest BCUT2D eigenvalue weighted by atomic mass is 10.2. The standard InChI is InChI=1S/C7H14BrNO2/c1-7(8)2-3-9(5-7)4-6(10)11/h6,10-11H,2-5H2,1H3. The molecule has 66 valence electrons. The van der Waals surface area contributed by atoms with Crippen LogP contribution in [0.15, 0.2) is 0 Å². The molecule has 1 atom stereocenters. The molecule has 0 radical (unpaired) electrons. The summed E-state index contributed by atoms with van der Waals surface area (Å²) in [7, 11) is 0. The second-order valence-electron chi connectivity index (χ2n) is 3.38. The molecule has 1 unspecified atom stereocenters. The molecule has 0 spiro atoms. The first-order chi connectivity index (χ1) is 4.99. The summed E-state index contributed by atoms with van der Waals surface area (Å²) in [6.07, 6.45) is -0.129. The number of aliphatic hydroxyl groups is 2. The molecule has 4 heteroatoms. The van der Waals surface area contributed by atoms with Crippen LogP contribution in [0.2, 0.25) is 0 Å². The molecule has 0 aliphatic carbocycles. The number of aliphatic hydroxyl groups excluding tert-OH is 1. The van der Waals surface area contributed by atoms with Crippen molar-refractivity contribution in [3.63, 3.8) is 0 Å². The van der Waals surface area contributed by atoms with Gasteiger partial charge in [0.15, 0.2) is 6.29 Å². The van der Waals surface area contributed by atoms with E-state index in [2.05, 4.69) is 22.9 Å². The van der Waals surface area contributed by atoms with Gasteiger partial charge in [-0.3, -0.25) is 4.90 Å². The van der Waals surface area contributed by atoms with E-state index >= 15 is 0 Å². The summed E-state index contributed by atoms with van der Waals surface area (Å²) in [5.74, 6) is 0. The van der Waals surface area contributed by atoms with E-state index in [9.17, 15) is 0 Å². The van der Waals surface area contributed by atoms with Gasteiger partial charge in [0, 0.05) is 17.4 Å². The Labute approximate surface area is 75.1 Å². The summed E-state index contributed by atoms with van der Waals surface area (Å²) in [6, 6.07) is 0. The Morgan fingerprint density at radius 2 is 2.27 bits per heavy atom. The quantitative estimate of drug-likeness (QED) is 0.518. The Kier molecular flexibility index (Phi) is 2.91. The van der Waals surface area contributed by atoms with Crippen LogP contribution in [0.4, 0.5) is 0 Å². The van der Waals surface area contributed by atoms with Crippen LogP contribution in [0.1, 0.15) is 13.3 Å². The van der Waals surface area contributed by atoms with Crippen LogP contribution >= 0.6 is 15.9 Å². The molecule has 0 saturated carbocycles. The van der Waals surface area contributed by atoms with Gasteiger partial charge >= 0.3 is 0 Å². The van der Waals surface area contributed by atoms with Crippen molar-refractivity contribution in [2.75, 3.05) is 19.6 Å². The molecule has 1 heterocycles. The SMILES string of the molecule is CC1(Br)CCN(CC(O)O)C1. The number of halogens is 1. The maximum atomic E-state index is 8.68. The van der Waals surface area contributed by atoms with E-state index in [1.165, 1.54) is 0 Å². The molecular weight excluding hydrogens is 210 g/mol. The number of β-amino-alcohol motifs (C(OH)–C–C–N with tert-alkyl or cyclic N) is 2. The Morgan fingerprint density at radius 3 is 2.64 bits per heavy atom. The van der Waals surface area contributed by atoms with Gasteiger partial charge in [-0.25, -0.2) is 0 Å². The molecule has 0 amide bonds. The Bertz CT molecular complexity index is 138. The molecule has 0 aromatic heterocycles. The topological polar surface area (TPSA) is 43.7 Å². The number of alkyl halides is 1. The van der Waals surface area contributed by atoms with E-state index in [1.54, 1.807) is 0 Å². The first-order valence-corrected chi connectivity index (χ1v) is 4.56. The van der Waals surface area contributed by atoms with E-state index in [-0.39, 0.29) is 4.32 Å². The number of likely N-dealkylation sites (tertiary alicyclic amines) is 1. The summed E-state index contributed by atoms with van der Waals surface area (Å²) >= 11 is 3.57. The monoisotopic (exact) mass is 223 g/mol. The van der Waals surface area contributed by atoms with Gasteiger partial charge in [-0.1, -0.05) is 15.9 Å². The zero-order valence-electron chi connectivity index (χ0n) is 6.63. The Morgan fingerprint density at radius 1 is 1.64 bits per heavy atom. The zero-order valence-corrected chi connectivity index (χ0v) is 8.21. The van der Waals surface area contributed by atoms with E-state index in [0.29, 0.717) is 6.54 Å². The molecule has 1 aliphatic heterocycles. The lowest BCUT2D eigenvalue weighted by Gasteiger charge is -2.18. The molecule has 1 saturated heterocycles. The highest BCUT2D eigenvalue weighted by atomic mass is 79.9. The number of rotatable bonds is 2. The van der Waals surface area contributed by atoms with Crippen molar-refractivity contribution in [3.8, 4) is 0 Å². The van der Waals surface area contributed by atoms with Gasteiger partial charge in [0.1, 0.15) is 0 Å². The lowest BCUT2D eigenvalue weighted by molar-refractivity contribution is -0.0578. The van der Waals surface area contributed by atoms with Crippen molar-refractivity contribution in [3.05, 3.63) is 0 Å². The minimum absolute atomic E-state index is 0.169. The van der Waals surface area contributed by atoms with Crippen molar-refractivity contribution < 1.29 is 10.2 Å². The summed E-state index contributed by atoms with van der Waals surface area (Å²) in [5, 5.41) is 17.4. The van der Waals surface area contributed by atoms with Gasteiger partial charge in [-0.15, -0.1) is 0 Å². The summed E-state index contributed by atoms with van der Waals surface area (Å²) < 4.78 is 0.169. The fraction of sp³-hybridized carbons (Fsp3) is 1.00. The Hall–Kier alpha value is 0.360. The highest BCUT2D eigenvalue weighted by Crippen LogP contribution is 2.29. The minimum Gasteiger partial charge on any atom is -0.367 e. The highest BCUT2D eigenvalue weighted by molar-refractivity contribution is 9.10. The van der Waals surface area contributed by atoms with Gasteiger partial charge in [-0.2, -0.15) is 0 Å². The lowest BCUT2D eigenvalue weighted by Crippen LogP contribution is -2.32. The van der Waals surface area contributed by atoms with Crippen molar-refractivity contribution >= 4 is 15.9 Å². The highest BCUT2D eigenvalue weighted by Gasteiger charge is 2.31. The molecular formula is C7H14BrNO2. The normalized spacial score (nSPS) is 33.5. The van der Waals surface area contributed by atoms with E-state index in [0.717, 1.165) is 19.5 Å². The van der Waals surface area contributed by atoms with Crippen LogP contribution in [-0.2, 0) is 0 Å². The Balaban J connectivity index is 2.31. The van der Waals surface area contributed by atoms with Crippen LogP contribution < -0.4 is 0 Å². The van der Waals surface area contributed by atoms with Crippen molar-refractivity contribution in [2.24, 2.45) is 0 Å². The predicted molar refractivity (Wildman–Crippen MR) is 46.6 cm³/mol. The smallest absolute Gasteiger partial charge is 0.164 e. The molecule has 1 aliphatic rings. The zero-order chi connectivity index (χ0) is 8.48. The fourth-order valence-corrected chi connectivity index (χ4v) is 1.93. The molecule has 11 heavy (non-hydrogen) atoms. The van der Waals surface area contributed by atoms with E-state index < -0.39 is 6.29 Å². The van der Waals surface area contributed by atoms with Gasteiger partial charge in [0.25, 0.3) is 0 Å². The molecule has 0 aromatic rings. The molecule has 0 aromatic carbocycles. The largest absolute Gasteiger partial charge is 0.367 e. The fourth-order valence-electron chi connectivity index (χ4n) is 1.40. The third-order valence-corrected chi connectivity index (χ3v) is 2.57. The summed E-state index contributed by atoms with van der Waals surface area (Å²) in [5.41, 5.74) is 0. The van der Waals surface area contributed by atoms with Crippen LogP contribution in [-0.4, -0.2) is 45.4 Å². The van der Waals surface area contributed by atoms with Crippen LogP contribution in [0.3, 0.4) is 0 Å². The van der Waals surface area contributed by atoms with Gasteiger partial charge < -0.3 is 10.2 Å². The number of hydrogen-bond acceptors (Lipinski definition) is 3. The average molecular weight is 224 g/mol. The second-order valence-corrected chi connectivity index (χ2v) is 5.29. The first-order valence-electron chi connectivity index (χ1n) is 3.77. The maximum absolute atomic E-state index is 8.68. The summed E-state index contributed by atoms with van der Waals surface area (Å²) in [4.78, 5) is 2.04. The van der Waals surface area contributed by atoms with Gasteiger partial charge in [0.05, 0.1) is 0 Å². The number of nitrogens with zero attached hydrogens (tertiary/aromatic N) is 1. The first kappa shape index (κ1) is 9.45. The molecule has 1 fully saturated rings. The van der Waals surface area contributed by atoms with E-state index in [1.807, 2.05) is 4.90 Å². The third-order valence-electron chi connectivity index (χ3n) is 1.92. The van der Waals surface area contributed by atoms with Crippen LogP contribution in [0, 0.1) is 0 Å². The van der Waals surface area contributed by atoms with Crippen molar-refractivity contribution in [2.45, 2.75) is 24.0 Å². The molecule has 1 rings (SSSR count). The van der Waals surface area contributed by atoms with Gasteiger partial charge in [-0.05, 0) is 19.9 Å². The number of hydrogen-bond donors (Lipinski definition) is 2. The van der Waals surface area contributed by atoms with Crippen LogP contribution in [0.25, 0.3) is 0 Å². The summed E-state index contributed by atoms with van der Waals surface area (Å²) in [6.45, 7) is 4.32. The van der Waals surface area contributed by atoms with Gasteiger partial charge in [0.2, 0.25) is 0 Å². The molecule has 3 nitrogen and oxygen atoms in total. The average Bonchev–Trinajstić information content (AvgIpc) is 2.08. The van der Waals surface area contributed by atoms with E-state index in [4.69, 9.17) is 10.2 Å². The van der Waals surface area contributed by atoms with Crippen molar-refractivity contribution in [1.29, 1.82) is 0 Å². The van der Waals surface area contributed by atoms with Crippen molar-refractivity contribution in [1.82, 2.24) is 4.90 Å².